The summed E-state index contributed by atoms with van der Waals surface area (Å²) in [6.07, 6.45) is 3.59. The van der Waals surface area contributed by atoms with E-state index in [4.69, 9.17) is 10.2 Å². The van der Waals surface area contributed by atoms with Gasteiger partial charge in [0, 0.05) is 0 Å². The maximum absolute atomic E-state index is 6.15. The van der Waals surface area contributed by atoms with Gasteiger partial charge in [0.25, 0.3) is 0 Å². The second-order valence-corrected chi connectivity index (χ2v) is 4.45. The molecule has 90 valence electrons. The predicted octanol–water partition coefficient (Wildman–Crippen LogP) is 3.39. The molecule has 1 unspecified atom stereocenters. The first-order valence-corrected chi connectivity index (χ1v) is 6.08. The molecule has 1 aromatic carbocycles. The molecule has 2 heteroatoms. The van der Waals surface area contributed by atoms with Crippen LogP contribution in [0.4, 0.5) is 0 Å². The summed E-state index contributed by atoms with van der Waals surface area (Å²) in [5.74, 6) is 0.893. The standard InChI is InChI=1S/C15H19NO/c1-3-12-4-6-13(7-5-12)10-14(16)15-11(2)8-9-17-15/h4-9,14H,3,10,16H2,1-2H3. The van der Waals surface area contributed by atoms with Crippen LogP contribution in [0.1, 0.15) is 35.4 Å². The Hall–Kier alpha value is -1.54. The minimum atomic E-state index is -0.0579. The summed E-state index contributed by atoms with van der Waals surface area (Å²) < 4.78 is 5.42. The van der Waals surface area contributed by atoms with E-state index in [-0.39, 0.29) is 6.04 Å². The van der Waals surface area contributed by atoms with Gasteiger partial charge in [0.05, 0.1) is 12.3 Å². The number of benzene rings is 1. The van der Waals surface area contributed by atoms with E-state index in [1.54, 1.807) is 6.26 Å². The fraction of sp³-hybridized carbons (Fsp3) is 0.333. The molecule has 0 saturated carbocycles. The van der Waals surface area contributed by atoms with Crippen molar-refractivity contribution in [2.45, 2.75) is 32.7 Å². The molecule has 2 nitrogen and oxygen atoms in total. The van der Waals surface area contributed by atoms with Crippen molar-refractivity contribution in [2.75, 3.05) is 0 Å². The molecular weight excluding hydrogens is 210 g/mol. The molecular formula is C15H19NO. The van der Waals surface area contributed by atoms with Crippen LogP contribution < -0.4 is 5.73 Å². The summed E-state index contributed by atoms with van der Waals surface area (Å²) in [4.78, 5) is 0. The van der Waals surface area contributed by atoms with Crippen molar-refractivity contribution in [3.05, 3.63) is 59.0 Å². The first-order chi connectivity index (χ1) is 8.20. The highest BCUT2D eigenvalue weighted by molar-refractivity contribution is 5.25. The Bertz CT molecular complexity index is 470. The third-order valence-corrected chi connectivity index (χ3v) is 3.13. The highest BCUT2D eigenvalue weighted by atomic mass is 16.3. The van der Waals surface area contributed by atoms with Crippen LogP contribution in [0.3, 0.4) is 0 Å². The van der Waals surface area contributed by atoms with Gasteiger partial charge in [0.15, 0.2) is 0 Å². The Kier molecular flexibility index (Phi) is 3.64. The van der Waals surface area contributed by atoms with E-state index in [0.29, 0.717) is 0 Å². The second kappa shape index (κ2) is 5.19. The second-order valence-electron chi connectivity index (χ2n) is 4.45. The molecule has 1 atom stereocenters. The van der Waals surface area contributed by atoms with E-state index in [1.165, 1.54) is 11.1 Å². The summed E-state index contributed by atoms with van der Waals surface area (Å²) in [7, 11) is 0. The Morgan fingerprint density at radius 2 is 1.76 bits per heavy atom. The van der Waals surface area contributed by atoms with E-state index >= 15 is 0 Å². The van der Waals surface area contributed by atoms with Crippen molar-refractivity contribution in [1.82, 2.24) is 0 Å². The molecule has 1 heterocycles. The zero-order valence-electron chi connectivity index (χ0n) is 10.4. The lowest BCUT2D eigenvalue weighted by Gasteiger charge is -2.10. The van der Waals surface area contributed by atoms with Gasteiger partial charge in [0.2, 0.25) is 0 Å². The molecule has 0 fully saturated rings. The number of furan rings is 1. The van der Waals surface area contributed by atoms with Crippen LogP contribution in [0.2, 0.25) is 0 Å². The van der Waals surface area contributed by atoms with E-state index in [2.05, 4.69) is 31.2 Å². The summed E-state index contributed by atoms with van der Waals surface area (Å²) in [5.41, 5.74) is 9.89. The van der Waals surface area contributed by atoms with Gasteiger partial charge < -0.3 is 10.2 Å². The quantitative estimate of drug-likeness (QED) is 0.872. The molecule has 0 amide bonds. The maximum Gasteiger partial charge on any atom is 0.123 e. The maximum atomic E-state index is 6.15. The van der Waals surface area contributed by atoms with E-state index in [1.807, 2.05) is 13.0 Å². The number of nitrogens with two attached hydrogens (primary N) is 1. The van der Waals surface area contributed by atoms with Gasteiger partial charge in [-0.05, 0) is 42.5 Å². The summed E-state index contributed by atoms with van der Waals surface area (Å²) in [5, 5.41) is 0. The monoisotopic (exact) mass is 229 g/mol. The minimum Gasteiger partial charge on any atom is -0.467 e. The van der Waals surface area contributed by atoms with E-state index < -0.39 is 0 Å². The van der Waals surface area contributed by atoms with Crippen molar-refractivity contribution in [3.8, 4) is 0 Å². The van der Waals surface area contributed by atoms with Crippen LogP contribution >= 0.6 is 0 Å². The molecule has 0 aliphatic heterocycles. The van der Waals surface area contributed by atoms with Gasteiger partial charge in [-0.25, -0.2) is 0 Å². The van der Waals surface area contributed by atoms with Crippen molar-refractivity contribution in [1.29, 1.82) is 0 Å². The Morgan fingerprint density at radius 1 is 1.12 bits per heavy atom. The highest BCUT2D eigenvalue weighted by Gasteiger charge is 2.12. The fourth-order valence-corrected chi connectivity index (χ4v) is 2.02. The zero-order chi connectivity index (χ0) is 12.3. The molecule has 0 saturated heterocycles. The van der Waals surface area contributed by atoms with Crippen LogP contribution in [0.25, 0.3) is 0 Å². The predicted molar refractivity (Wildman–Crippen MR) is 69.9 cm³/mol. The first kappa shape index (κ1) is 11.9. The topological polar surface area (TPSA) is 39.2 Å². The molecule has 0 aliphatic carbocycles. The molecule has 0 radical (unpaired) electrons. The summed E-state index contributed by atoms with van der Waals surface area (Å²) >= 11 is 0. The van der Waals surface area contributed by atoms with Gasteiger partial charge in [-0.2, -0.15) is 0 Å². The van der Waals surface area contributed by atoms with Gasteiger partial charge in [-0.15, -0.1) is 0 Å². The lowest BCUT2D eigenvalue weighted by atomic mass is 10.0. The van der Waals surface area contributed by atoms with Crippen molar-refractivity contribution < 1.29 is 4.42 Å². The Labute approximate surface area is 102 Å². The van der Waals surface area contributed by atoms with E-state index in [0.717, 1.165) is 24.2 Å². The van der Waals surface area contributed by atoms with Crippen LogP contribution in [-0.4, -0.2) is 0 Å². The molecule has 0 aliphatic rings. The molecule has 1 aromatic heterocycles. The number of aryl methyl sites for hydroxylation is 2. The molecule has 0 spiro atoms. The van der Waals surface area contributed by atoms with Crippen molar-refractivity contribution >= 4 is 0 Å². The van der Waals surface area contributed by atoms with Crippen molar-refractivity contribution in [2.24, 2.45) is 5.73 Å². The lowest BCUT2D eigenvalue weighted by Crippen LogP contribution is -2.13. The molecule has 2 N–H and O–H groups in total. The largest absolute Gasteiger partial charge is 0.467 e. The third-order valence-electron chi connectivity index (χ3n) is 3.13. The number of hydrogen-bond donors (Lipinski definition) is 1. The Morgan fingerprint density at radius 3 is 2.29 bits per heavy atom. The third kappa shape index (κ3) is 2.77. The van der Waals surface area contributed by atoms with Crippen LogP contribution in [0.5, 0.6) is 0 Å². The van der Waals surface area contributed by atoms with Crippen LogP contribution in [0.15, 0.2) is 41.0 Å². The fourth-order valence-electron chi connectivity index (χ4n) is 2.02. The average molecular weight is 229 g/mol. The van der Waals surface area contributed by atoms with Gasteiger partial charge in [-0.3, -0.25) is 0 Å². The van der Waals surface area contributed by atoms with Crippen LogP contribution in [-0.2, 0) is 12.8 Å². The highest BCUT2D eigenvalue weighted by Crippen LogP contribution is 2.20. The number of rotatable bonds is 4. The lowest BCUT2D eigenvalue weighted by molar-refractivity contribution is 0.461. The average Bonchev–Trinajstić information content (AvgIpc) is 2.76. The van der Waals surface area contributed by atoms with Crippen molar-refractivity contribution in [3.63, 3.8) is 0 Å². The SMILES string of the molecule is CCc1ccc(CC(N)c2occc2C)cc1. The van der Waals surface area contributed by atoms with Gasteiger partial charge in [0.1, 0.15) is 5.76 Å². The molecule has 2 rings (SSSR count). The normalized spacial score (nSPS) is 12.6. The first-order valence-electron chi connectivity index (χ1n) is 6.08. The zero-order valence-corrected chi connectivity index (χ0v) is 10.4. The molecule has 2 aromatic rings. The smallest absolute Gasteiger partial charge is 0.123 e. The van der Waals surface area contributed by atoms with Gasteiger partial charge >= 0.3 is 0 Å². The Balaban J connectivity index is 2.07. The molecule has 0 bridgehead atoms. The minimum absolute atomic E-state index is 0.0579. The van der Waals surface area contributed by atoms with Gasteiger partial charge in [-0.1, -0.05) is 31.2 Å². The van der Waals surface area contributed by atoms with Crippen LogP contribution in [0, 0.1) is 6.92 Å². The molecule has 17 heavy (non-hydrogen) atoms. The van der Waals surface area contributed by atoms with E-state index in [9.17, 15) is 0 Å². The number of hydrogen-bond acceptors (Lipinski definition) is 2. The summed E-state index contributed by atoms with van der Waals surface area (Å²) in [6.45, 7) is 4.19. The summed E-state index contributed by atoms with van der Waals surface area (Å²) in [6, 6.07) is 10.5.